The second-order valence-corrected chi connectivity index (χ2v) is 6.25. The summed E-state index contributed by atoms with van der Waals surface area (Å²) >= 11 is 0. The Morgan fingerprint density at radius 3 is 1.75 bits per heavy atom. The van der Waals surface area contributed by atoms with Crippen LogP contribution in [-0.2, 0) is 4.79 Å². The number of rotatable bonds is 4. The standard InChI is InChI=1S/C13H28N2O/c1-9(2)10(3)15(8)11(16)12(4,5)13(6,7)14/h9-10H,14H2,1-8H3. The maximum absolute atomic E-state index is 12.4. The number of hydrogen-bond donors (Lipinski definition) is 1. The zero-order valence-corrected chi connectivity index (χ0v) is 12.1. The highest BCUT2D eigenvalue weighted by atomic mass is 16.2. The van der Waals surface area contributed by atoms with E-state index in [4.69, 9.17) is 5.73 Å². The molecule has 0 fully saturated rings. The molecular weight excluding hydrogens is 200 g/mol. The summed E-state index contributed by atoms with van der Waals surface area (Å²) in [6.45, 7) is 13.9. The molecule has 3 heteroatoms. The fraction of sp³-hybridized carbons (Fsp3) is 0.923. The third-order valence-corrected chi connectivity index (χ3v) is 4.04. The van der Waals surface area contributed by atoms with Gasteiger partial charge in [0.2, 0.25) is 5.91 Å². The SMILES string of the molecule is CC(C)C(C)N(C)C(=O)C(C)(C)C(C)(C)N. The zero-order valence-electron chi connectivity index (χ0n) is 12.1. The molecule has 0 saturated heterocycles. The molecule has 1 amide bonds. The summed E-state index contributed by atoms with van der Waals surface area (Å²) in [5.74, 6) is 0.562. The minimum absolute atomic E-state index is 0.112. The molecule has 0 rings (SSSR count). The van der Waals surface area contributed by atoms with E-state index in [1.54, 1.807) is 0 Å². The van der Waals surface area contributed by atoms with Crippen LogP contribution in [0.3, 0.4) is 0 Å². The van der Waals surface area contributed by atoms with Gasteiger partial charge in [0.15, 0.2) is 0 Å². The van der Waals surface area contributed by atoms with E-state index in [-0.39, 0.29) is 11.9 Å². The van der Waals surface area contributed by atoms with Gasteiger partial charge in [0.05, 0.1) is 5.41 Å². The van der Waals surface area contributed by atoms with E-state index in [1.165, 1.54) is 0 Å². The first-order valence-electron chi connectivity index (χ1n) is 5.99. The molecule has 0 aliphatic carbocycles. The lowest BCUT2D eigenvalue weighted by Crippen LogP contribution is -2.57. The lowest BCUT2D eigenvalue weighted by molar-refractivity contribution is -0.144. The van der Waals surface area contributed by atoms with Crippen LogP contribution in [0.25, 0.3) is 0 Å². The molecule has 96 valence electrons. The van der Waals surface area contributed by atoms with Crippen LogP contribution in [0, 0.1) is 11.3 Å². The molecule has 0 radical (unpaired) electrons. The van der Waals surface area contributed by atoms with Gasteiger partial charge in [0.1, 0.15) is 0 Å². The number of hydrogen-bond acceptors (Lipinski definition) is 2. The molecule has 0 spiro atoms. The van der Waals surface area contributed by atoms with E-state index in [2.05, 4.69) is 20.8 Å². The first-order chi connectivity index (χ1) is 6.93. The van der Waals surface area contributed by atoms with Gasteiger partial charge in [-0.3, -0.25) is 4.79 Å². The van der Waals surface area contributed by atoms with Crippen molar-refractivity contribution in [3.8, 4) is 0 Å². The molecule has 0 aromatic rings. The minimum atomic E-state index is -0.551. The second kappa shape index (κ2) is 4.74. The minimum Gasteiger partial charge on any atom is -0.342 e. The number of carbonyl (C=O) groups excluding carboxylic acids is 1. The van der Waals surface area contributed by atoms with E-state index in [0.717, 1.165) is 0 Å². The van der Waals surface area contributed by atoms with Gasteiger partial charge in [-0.05, 0) is 40.5 Å². The Morgan fingerprint density at radius 1 is 1.12 bits per heavy atom. The number of nitrogens with two attached hydrogens (primary N) is 1. The van der Waals surface area contributed by atoms with Crippen LogP contribution in [0.5, 0.6) is 0 Å². The fourth-order valence-corrected chi connectivity index (χ4v) is 1.35. The molecule has 1 atom stereocenters. The quantitative estimate of drug-likeness (QED) is 0.802. The van der Waals surface area contributed by atoms with Gasteiger partial charge in [-0.1, -0.05) is 13.8 Å². The third-order valence-electron chi connectivity index (χ3n) is 4.04. The maximum Gasteiger partial charge on any atom is 0.230 e. The second-order valence-electron chi connectivity index (χ2n) is 6.25. The van der Waals surface area contributed by atoms with E-state index >= 15 is 0 Å². The molecule has 0 bridgehead atoms. The lowest BCUT2D eigenvalue weighted by atomic mass is 9.74. The van der Waals surface area contributed by atoms with Gasteiger partial charge in [0, 0.05) is 18.6 Å². The summed E-state index contributed by atoms with van der Waals surface area (Å²) in [6.07, 6.45) is 0. The monoisotopic (exact) mass is 228 g/mol. The van der Waals surface area contributed by atoms with Crippen molar-refractivity contribution < 1.29 is 4.79 Å². The summed E-state index contributed by atoms with van der Waals surface area (Å²) < 4.78 is 0. The number of amides is 1. The highest BCUT2D eigenvalue weighted by Gasteiger charge is 2.42. The van der Waals surface area contributed by atoms with Crippen molar-refractivity contribution in [1.29, 1.82) is 0 Å². The van der Waals surface area contributed by atoms with Gasteiger partial charge >= 0.3 is 0 Å². The Hall–Kier alpha value is -0.570. The average Bonchev–Trinajstić information content (AvgIpc) is 2.12. The van der Waals surface area contributed by atoms with Crippen LogP contribution >= 0.6 is 0 Å². The summed E-state index contributed by atoms with van der Waals surface area (Å²) in [6, 6.07) is 0.231. The summed E-state index contributed by atoms with van der Waals surface area (Å²) in [4.78, 5) is 14.2. The highest BCUT2D eigenvalue weighted by Crippen LogP contribution is 2.31. The Kier molecular flexibility index (Phi) is 4.57. The van der Waals surface area contributed by atoms with Gasteiger partial charge in [0.25, 0.3) is 0 Å². The Labute approximate surface area is 100 Å². The molecule has 0 aromatic heterocycles. The fourth-order valence-electron chi connectivity index (χ4n) is 1.35. The highest BCUT2D eigenvalue weighted by molar-refractivity contribution is 5.83. The largest absolute Gasteiger partial charge is 0.342 e. The van der Waals surface area contributed by atoms with Crippen LogP contribution in [0.1, 0.15) is 48.5 Å². The van der Waals surface area contributed by atoms with Gasteiger partial charge in [-0.15, -0.1) is 0 Å². The number of carbonyl (C=O) groups is 1. The molecule has 3 nitrogen and oxygen atoms in total. The van der Waals surface area contributed by atoms with E-state index in [0.29, 0.717) is 5.92 Å². The molecular formula is C13H28N2O. The van der Waals surface area contributed by atoms with Gasteiger partial charge in [-0.2, -0.15) is 0 Å². The summed E-state index contributed by atoms with van der Waals surface area (Å²) in [5, 5.41) is 0. The van der Waals surface area contributed by atoms with E-state index in [9.17, 15) is 4.79 Å². The van der Waals surface area contributed by atoms with Crippen LogP contribution < -0.4 is 5.73 Å². The van der Waals surface area contributed by atoms with Crippen molar-refractivity contribution in [2.45, 2.75) is 60.0 Å². The summed E-state index contributed by atoms with van der Waals surface area (Å²) in [7, 11) is 1.86. The van der Waals surface area contributed by atoms with Crippen molar-refractivity contribution in [2.24, 2.45) is 17.1 Å². The molecule has 16 heavy (non-hydrogen) atoms. The predicted molar refractivity (Wildman–Crippen MR) is 69.1 cm³/mol. The average molecular weight is 228 g/mol. The normalized spacial score (nSPS) is 15.1. The molecule has 1 unspecified atom stereocenters. The molecule has 2 N–H and O–H groups in total. The van der Waals surface area contributed by atoms with Crippen LogP contribution in [0.4, 0.5) is 0 Å². The molecule has 0 aromatic carbocycles. The maximum atomic E-state index is 12.4. The zero-order chi connectivity index (χ0) is 13.3. The molecule has 0 aliphatic rings. The van der Waals surface area contributed by atoms with Crippen molar-refractivity contribution in [3.05, 3.63) is 0 Å². The number of nitrogens with zero attached hydrogens (tertiary/aromatic N) is 1. The van der Waals surface area contributed by atoms with E-state index < -0.39 is 11.0 Å². The predicted octanol–water partition coefficient (Wildman–Crippen LogP) is 2.25. The lowest BCUT2D eigenvalue weighted by Gasteiger charge is -2.42. The molecule has 0 aliphatic heterocycles. The summed E-state index contributed by atoms with van der Waals surface area (Å²) in [5.41, 5.74) is 5.01. The van der Waals surface area contributed by atoms with Crippen LogP contribution in [-0.4, -0.2) is 29.4 Å². The van der Waals surface area contributed by atoms with Crippen molar-refractivity contribution in [1.82, 2.24) is 4.90 Å². The van der Waals surface area contributed by atoms with Crippen molar-refractivity contribution in [3.63, 3.8) is 0 Å². The Balaban J connectivity index is 4.94. The molecule has 0 saturated carbocycles. The smallest absolute Gasteiger partial charge is 0.230 e. The Bertz CT molecular complexity index is 251. The third kappa shape index (κ3) is 2.97. The van der Waals surface area contributed by atoms with Crippen molar-refractivity contribution >= 4 is 5.91 Å². The Morgan fingerprint density at radius 2 is 1.50 bits per heavy atom. The van der Waals surface area contributed by atoms with Crippen LogP contribution in [0.2, 0.25) is 0 Å². The van der Waals surface area contributed by atoms with Gasteiger partial charge < -0.3 is 10.6 Å². The molecule has 0 heterocycles. The van der Waals surface area contributed by atoms with Crippen molar-refractivity contribution in [2.75, 3.05) is 7.05 Å². The topological polar surface area (TPSA) is 46.3 Å². The van der Waals surface area contributed by atoms with E-state index in [1.807, 2.05) is 39.6 Å². The van der Waals surface area contributed by atoms with Crippen LogP contribution in [0.15, 0.2) is 0 Å². The first-order valence-corrected chi connectivity index (χ1v) is 5.99. The first kappa shape index (κ1) is 15.4. The van der Waals surface area contributed by atoms with Gasteiger partial charge in [-0.25, -0.2) is 0 Å².